The van der Waals surface area contributed by atoms with Gasteiger partial charge in [0.25, 0.3) is 0 Å². The first-order valence-corrected chi connectivity index (χ1v) is 5.88. The second kappa shape index (κ2) is 5.64. The van der Waals surface area contributed by atoms with Crippen LogP contribution in [0.5, 0.6) is 0 Å². The Morgan fingerprint density at radius 2 is 2.06 bits per heavy atom. The molecule has 0 bridgehead atoms. The summed E-state index contributed by atoms with van der Waals surface area (Å²) in [5.74, 6) is -0.340. The van der Waals surface area contributed by atoms with E-state index in [2.05, 4.69) is 0 Å². The maximum absolute atomic E-state index is 11.4. The van der Waals surface area contributed by atoms with Gasteiger partial charge in [-0.2, -0.15) is 0 Å². The van der Waals surface area contributed by atoms with Gasteiger partial charge in [0, 0.05) is 0 Å². The quantitative estimate of drug-likeness (QED) is 0.749. The van der Waals surface area contributed by atoms with Crippen LogP contribution in [0.2, 0.25) is 0 Å². The fourth-order valence-corrected chi connectivity index (χ4v) is 1.83. The molecule has 2 atom stereocenters. The lowest BCUT2D eigenvalue weighted by Crippen LogP contribution is -2.31. The van der Waals surface area contributed by atoms with Gasteiger partial charge in [-0.1, -0.05) is 0 Å². The van der Waals surface area contributed by atoms with E-state index in [1.165, 1.54) is 0 Å². The fraction of sp³-hybridized carbons (Fsp3) is 0.917. The van der Waals surface area contributed by atoms with Gasteiger partial charge in [0.05, 0.1) is 12.2 Å². The van der Waals surface area contributed by atoms with Crippen LogP contribution in [-0.2, 0) is 14.3 Å². The molecule has 1 rings (SSSR count). The molecular formula is C12H22O4. The molecule has 16 heavy (non-hydrogen) atoms. The lowest BCUT2D eigenvalue weighted by molar-refractivity contribution is -0.163. The first-order valence-electron chi connectivity index (χ1n) is 5.88. The number of carbonyl (C=O) groups is 1. The van der Waals surface area contributed by atoms with Crippen LogP contribution in [-0.4, -0.2) is 35.5 Å². The second-order valence-corrected chi connectivity index (χ2v) is 5.34. The largest absolute Gasteiger partial charge is 0.458 e. The van der Waals surface area contributed by atoms with Crippen molar-refractivity contribution >= 4 is 5.97 Å². The number of aliphatic hydroxyl groups is 1. The number of aliphatic hydroxyl groups excluding tert-OH is 1. The van der Waals surface area contributed by atoms with Gasteiger partial charge in [-0.3, -0.25) is 0 Å². The summed E-state index contributed by atoms with van der Waals surface area (Å²) in [5.41, 5.74) is -0.466. The van der Waals surface area contributed by atoms with Gasteiger partial charge in [-0.25, -0.2) is 4.79 Å². The van der Waals surface area contributed by atoms with E-state index in [4.69, 9.17) is 9.47 Å². The third kappa shape index (κ3) is 5.47. The number of ether oxygens (including phenoxy) is 2. The topological polar surface area (TPSA) is 55.8 Å². The average Bonchev–Trinajstić information content (AvgIpc) is 2.12. The lowest BCUT2D eigenvalue weighted by atomic mass is 9.95. The van der Waals surface area contributed by atoms with Crippen molar-refractivity contribution in [3.63, 3.8) is 0 Å². The Balaban J connectivity index is 2.21. The summed E-state index contributed by atoms with van der Waals surface area (Å²) in [4.78, 5) is 11.4. The van der Waals surface area contributed by atoms with Crippen LogP contribution >= 0.6 is 0 Å². The number of esters is 1. The zero-order valence-electron chi connectivity index (χ0n) is 10.4. The lowest BCUT2D eigenvalue weighted by Gasteiger charge is -2.26. The third-order valence-electron chi connectivity index (χ3n) is 2.46. The van der Waals surface area contributed by atoms with Crippen molar-refractivity contribution < 1.29 is 19.4 Å². The molecule has 0 aromatic heterocycles. The normalized spacial score (nSPS) is 26.5. The van der Waals surface area contributed by atoms with Crippen LogP contribution in [0, 0.1) is 0 Å². The standard InChI is InChI=1S/C12H22O4/c1-12(2,3)16-11(14)8-15-10-6-4-5-9(13)7-10/h9-10,13H,4-8H2,1-3H3/t9-,10+/m0/s1. The molecule has 0 spiro atoms. The number of hydrogen-bond acceptors (Lipinski definition) is 4. The summed E-state index contributed by atoms with van der Waals surface area (Å²) < 4.78 is 10.6. The molecule has 94 valence electrons. The summed E-state index contributed by atoms with van der Waals surface area (Å²) in [7, 11) is 0. The van der Waals surface area contributed by atoms with E-state index in [1.54, 1.807) is 0 Å². The molecule has 1 saturated carbocycles. The van der Waals surface area contributed by atoms with E-state index in [0.29, 0.717) is 6.42 Å². The summed E-state index contributed by atoms with van der Waals surface area (Å²) in [5, 5.41) is 9.44. The Morgan fingerprint density at radius 3 is 2.62 bits per heavy atom. The van der Waals surface area contributed by atoms with Gasteiger partial charge in [-0.05, 0) is 46.5 Å². The summed E-state index contributed by atoms with van der Waals surface area (Å²) in [6.07, 6.45) is 3.06. The minimum atomic E-state index is -0.466. The zero-order chi connectivity index (χ0) is 12.2. The van der Waals surface area contributed by atoms with Gasteiger partial charge < -0.3 is 14.6 Å². The molecule has 1 fully saturated rings. The van der Waals surface area contributed by atoms with E-state index in [0.717, 1.165) is 19.3 Å². The van der Waals surface area contributed by atoms with Gasteiger partial charge in [0.1, 0.15) is 12.2 Å². The van der Waals surface area contributed by atoms with E-state index in [1.807, 2.05) is 20.8 Å². The van der Waals surface area contributed by atoms with Crippen LogP contribution in [0.15, 0.2) is 0 Å². The molecule has 1 N–H and O–H groups in total. The molecule has 1 aliphatic carbocycles. The van der Waals surface area contributed by atoms with Crippen molar-refractivity contribution in [1.82, 2.24) is 0 Å². The monoisotopic (exact) mass is 230 g/mol. The molecule has 0 unspecified atom stereocenters. The second-order valence-electron chi connectivity index (χ2n) is 5.34. The van der Waals surface area contributed by atoms with Crippen LogP contribution in [0.25, 0.3) is 0 Å². The molecule has 0 amide bonds. The van der Waals surface area contributed by atoms with Gasteiger partial charge >= 0.3 is 5.97 Å². The van der Waals surface area contributed by atoms with E-state index >= 15 is 0 Å². The highest BCUT2D eigenvalue weighted by Crippen LogP contribution is 2.21. The Morgan fingerprint density at radius 1 is 1.38 bits per heavy atom. The van der Waals surface area contributed by atoms with Gasteiger partial charge in [0.15, 0.2) is 0 Å². The Bertz CT molecular complexity index is 232. The predicted octanol–water partition coefficient (Wildman–Crippen LogP) is 1.65. The minimum absolute atomic E-state index is 0.00346. The van der Waals surface area contributed by atoms with Crippen LogP contribution in [0.4, 0.5) is 0 Å². The molecule has 0 saturated heterocycles. The Labute approximate surface area is 96.9 Å². The van der Waals surface area contributed by atoms with Crippen molar-refractivity contribution in [1.29, 1.82) is 0 Å². The molecule has 0 heterocycles. The maximum Gasteiger partial charge on any atom is 0.332 e. The molecule has 0 aromatic carbocycles. The third-order valence-corrected chi connectivity index (χ3v) is 2.46. The SMILES string of the molecule is CC(C)(C)OC(=O)CO[C@@H]1CCC[C@H](O)C1. The molecule has 0 aromatic rings. The molecule has 4 heteroatoms. The number of hydrogen-bond donors (Lipinski definition) is 1. The van der Waals surface area contributed by atoms with Gasteiger partial charge in [0.2, 0.25) is 0 Å². The molecule has 0 aliphatic heterocycles. The molecular weight excluding hydrogens is 208 g/mol. The van der Waals surface area contributed by atoms with Crippen molar-refractivity contribution in [3.05, 3.63) is 0 Å². The average molecular weight is 230 g/mol. The summed E-state index contributed by atoms with van der Waals surface area (Å²) >= 11 is 0. The number of carbonyl (C=O) groups excluding carboxylic acids is 1. The van der Waals surface area contributed by atoms with Crippen molar-refractivity contribution in [2.45, 2.75) is 64.3 Å². The zero-order valence-corrected chi connectivity index (χ0v) is 10.4. The fourth-order valence-electron chi connectivity index (χ4n) is 1.83. The Kier molecular flexibility index (Phi) is 4.74. The highest BCUT2D eigenvalue weighted by Gasteiger charge is 2.23. The van der Waals surface area contributed by atoms with Crippen LogP contribution in [0.1, 0.15) is 46.5 Å². The number of rotatable bonds is 3. The van der Waals surface area contributed by atoms with Crippen molar-refractivity contribution in [3.8, 4) is 0 Å². The first-order chi connectivity index (χ1) is 7.37. The molecule has 4 nitrogen and oxygen atoms in total. The van der Waals surface area contributed by atoms with Crippen LogP contribution in [0.3, 0.4) is 0 Å². The Hall–Kier alpha value is -0.610. The van der Waals surface area contributed by atoms with Crippen molar-refractivity contribution in [2.24, 2.45) is 0 Å². The first kappa shape index (κ1) is 13.5. The minimum Gasteiger partial charge on any atom is -0.458 e. The smallest absolute Gasteiger partial charge is 0.332 e. The summed E-state index contributed by atoms with van der Waals surface area (Å²) in [6.45, 7) is 5.47. The van der Waals surface area contributed by atoms with E-state index < -0.39 is 5.60 Å². The summed E-state index contributed by atoms with van der Waals surface area (Å²) in [6, 6.07) is 0. The predicted molar refractivity (Wildman–Crippen MR) is 60.1 cm³/mol. The van der Waals surface area contributed by atoms with Crippen molar-refractivity contribution in [2.75, 3.05) is 6.61 Å². The maximum atomic E-state index is 11.4. The van der Waals surface area contributed by atoms with E-state index in [-0.39, 0.29) is 24.8 Å². The molecule has 1 aliphatic rings. The van der Waals surface area contributed by atoms with Gasteiger partial charge in [-0.15, -0.1) is 0 Å². The van der Waals surface area contributed by atoms with Crippen LogP contribution < -0.4 is 0 Å². The highest BCUT2D eigenvalue weighted by molar-refractivity contribution is 5.71. The van der Waals surface area contributed by atoms with E-state index in [9.17, 15) is 9.90 Å². The molecule has 0 radical (unpaired) electrons. The highest BCUT2D eigenvalue weighted by atomic mass is 16.6.